The summed E-state index contributed by atoms with van der Waals surface area (Å²) >= 11 is 45.0. The number of fused-ring (bicyclic) bond motifs is 5. The maximum absolute atomic E-state index is 15.1. The van der Waals surface area contributed by atoms with Gasteiger partial charge in [0, 0.05) is 98.6 Å². The summed E-state index contributed by atoms with van der Waals surface area (Å²) in [6.45, 7) is 20.0. The molecule has 23 nitrogen and oxygen atoms in total. The van der Waals surface area contributed by atoms with Crippen LogP contribution >= 0.6 is 81.2 Å². The Bertz CT molecular complexity index is 6790. The molecule has 760 valence electrons. The topological polar surface area (TPSA) is 320 Å². The number of ether oxygens (including phenoxy) is 5. The summed E-state index contributed by atoms with van der Waals surface area (Å²) in [5.41, 5.74) is 3.94. The minimum absolute atomic E-state index is 0.00959. The van der Waals surface area contributed by atoms with Gasteiger partial charge in [0.15, 0.2) is 57.8 Å². The number of ketones is 10. The summed E-state index contributed by atoms with van der Waals surface area (Å²) in [6, 6.07) is 68.7. The standard InChI is InChI=1S/C24H19Cl2NO3.C24H19ClFNO3.C24H21ClN2O3.C23H18Cl2N2O3.C23H18ClFN2O3/c1-24(2)22-15(9-6-12-27-22)20(28)19(23(24)29)18-16(25)10-11-17(26)21(18)30-13-14-7-4-3-5-8-14;1-24(2)22-15(9-6-12-27-22)20(28)19(23(24)29)18-17(26)11-10-16(25)21(18)30-13-14-7-4-3-5-8-14;1-14-9-10-16(25)21(30-13-15-7-5-4-6-8-15)17(14)18-20(28)19-22(27-12-11-26-19)24(2,3)23(18)29;1-23(2)21-18(26-10-11-27-21)19(28)17(22(23)29)16-14(24)8-9-15(25)20(16)30-12-13-6-4-3-5-7-13;1-23(2)21-18(26-10-11-27-21)19(28)17(22(23)29)16-15(25)9-8-14(24)20(16)30-12-13-6-4-3-5-7-13/h2*3-12,19H,13H2,1-2H3;4-12,18H,13H2,1-3H3;2*3-11,17H,12H2,1-2H3. The second-order valence-corrected chi connectivity index (χ2v) is 41.4. The van der Waals surface area contributed by atoms with Gasteiger partial charge < -0.3 is 23.7 Å². The average Bonchev–Trinajstić information content (AvgIpc) is 0.746. The van der Waals surface area contributed by atoms with Crippen molar-refractivity contribution in [2.45, 2.75) is 166 Å². The Kier molecular flexibility index (Phi) is 32.4. The number of hydrogen-bond acceptors (Lipinski definition) is 23. The molecular weight excluding hydrogens is 2060 g/mol. The van der Waals surface area contributed by atoms with E-state index in [9.17, 15) is 47.9 Å². The Morgan fingerprint density at radius 2 is 0.447 bits per heavy atom. The van der Waals surface area contributed by atoms with Crippen LogP contribution in [0.2, 0.25) is 35.2 Å². The number of aryl methyl sites for hydroxylation is 1. The number of rotatable bonds is 20. The van der Waals surface area contributed by atoms with Crippen molar-refractivity contribution in [2.75, 3.05) is 0 Å². The van der Waals surface area contributed by atoms with E-state index in [1.165, 1.54) is 55.5 Å². The zero-order valence-electron chi connectivity index (χ0n) is 82.7. The molecule has 0 bridgehead atoms. The van der Waals surface area contributed by atoms with Crippen LogP contribution in [-0.2, 0) is 84.1 Å². The molecule has 5 aliphatic rings. The molecule has 0 aliphatic heterocycles. The monoisotopic (exact) mass is 2150 g/mol. The third kappa shape index (κ3) is 21.4. The van der Waals surface area contributed by atoms with E-state index in [0.29, 0.717) is 60.8 Å². The number of hydrogen-bond donors (Lipinski definition) is 0. The average molecular weight is 2150 g/mol. The molecule has 0 amide bonds. The Labute approximate surface area is 898 Å². The summed E-state index contributed by atoms with van der Waals surface area (Å²) in [5.74, 6) is -10.8. The smallest absolute Gasteiger partial charge is 0.198 e. The maximum Gasteiger partial charge on any atom is 0.198 e. The van der Waals surface area contributed by atoms with E-state index in [1.807, 2.05) is 159 Å². The molecule has 20 rings (SSSR count). The summed E-state index contributed by atoms with van der Waals surface area (Å²) in [4.78, 5) is 168. The van der Waals surface area contributed by atoms with Crippen molar-refractivity contribution in [3.8, 4) is 28.7 Å². The molecule has 0 fully saturated rings. The molecule has 0 saturated heterocycles. The first-order valence-electron chi connectivity index (χ1n) is 47.4. The molecule has 0 spiro atoms. The normalized spacial score (nSPS) is 17.5. The van der Waals surface area contributed by atoms with Crippen molar-refractivity contribution in [2.24, 2.45) is 0 Å². The van der Waals surface area contributed by atoms with Crippen LogP contribution in [0, 0.1) is 18.6 Å². The lowest BCUT2D eigenvalue weighted by atomic mass is 9.67. The largest absolute Gasteiger partial charge is 0.487 e. The predicted octanol–water partition coefficient (Wildman–Crippen LogP) is 25.8. The highest BCUT2D eigenvalue weighted by Crippen LogP contribution is 2.54. The predicted molar refractivity (Wildman–Crippen MR) is 566 cm³/mol. The van der Waals surface area contributed by atoms with Crippen LogP contribution in [-0.4, -0.2) is 97.7 Å². The Morgan fingerprint density at radius 3 is 0.740 bits per heavy atom. The van der Waals surface area contributed by atoms with Gasteiger partial charge in [-0.15, -0.1) is 0 Å². The van der Waals surface area contributed by atoms with Crippen molar-refractivity contribution in [3.05, 3.63) is 451 Å². The van der Waals surface area contributed by atoms with Gasteiger partial charge in [-0.3, -0.25) is 72.9 Å². The summed E-state index contributed by atoms with van der Waals surface area (Å²) in [5, 5.41) is 1.67. The third-order valence-corrected chi connectivity index (χ3v) is 29.1. The molecule has 5 atom stereocenters. The zero-order valence-corrected chi connectivity index (χ0v) is 88.0. The van der Waals surface area contributed by atoms with E-state index in [-0.39, 0.29) is 150 Å². The van der Waals surface area contributed by atoms with Gasteiger partial charge in [-0.2, -0.15) is 0 Å². The van der Waals surface area contributed by atoms with E-state index < -0.39 is 97.2 Å². The van der Waals surface area contributed by atoms with Crippen LogP contribution in [0.15, 0.2) is 286 Å². The molecule has 0 N–H and O–H groups in total. The van der Waals surface area contributed by atoms with Crippen molar-refractivity contribution >= 4 is 139 Å². The number of benzene rings is 10. The van der Waals surface area contributed by atoms with Crippen LogP contribution in [0.5, 0.6) is 28.7 Å². The summed E-state index contributed by atoms with van der Waals surface area (Å²) in [6.07, 6.45) is 11.8. The van der Waals surface area contributed by atoms with Crippen LogP contribution in [0.1, 0.15) is 241 Å². The molecule has 5 heterocycles. The number of halogens is 9. The Hall–Kier alpha value is -14.7. The lowest BCUT2D eigenvalue weighted by Gasteiger charge is -2.34. The van der Waals surface area contributed by atoms with Crippen molar-refractivity contribution < 1.29 is 80.4 Å². The first-order valence-corrected chi connectivity index (χ1v) is 50.1. The first kappa shape index (κ1) is 108. The number of nitrogens with zero attached hydrogens (tertiary/aromatic N) is 8. The van der Waals surface area contributed by atoms with Gasteiger partial charge in [-0.1, -0.05) is 239 Å². The fourth-order valence-corrected chi connectivity index (χ4v) is 20.4. The highest BCUT2D eigenvalue weighted by Gasteiger charge is 2.56. The summed E-state index contributed by atoms with van der Waals surface area (Å²) < 4.78 is 59.8. The van der Waals surface area contributed by atoms with Gasteiger partial charge in [0.1, 0.15) is 120 Å². The van der Waals surface area contributed by atoms with E-state index in [0.717, 1.165) is 45.5 Å². The van der Waals surface area contributed by atoms with Crippen LogP contribution < -0.4 is 23.7 Å². The molecule has 5 unspecified atom stereocenters. The van der Waals surface area contributed by atoms with E-state index >= 15 is 8.78 Å². The maximum atomic E-state index is 15.1. The van der Waals surface area contributed by atoms with E-state index in [4.69, 9.17) is 105 Å². The number of carbonyl (C=O) groups excluding carboxylic acids is 10. The van der Waals surface area contributed by atoms with Crippen molar-refractivity contribution in [1.82, 2.24) is 39.9 Å². The lowest BCUT2D eigenvalue weighted by Crippen LogP contribution is -2.44. The molecule has 150 heavy (non-hydrogen) atoms. The molecule has 32 heteroatoms. The minimum atomic E-state index is -1.42. The van der Waals surface area contributed by atoms with Crippen LogP contribution in [0.3, 0.4) is 0 Å². The van der Waals surface area contributed by atoms with Gasteiger partial charge in [0.05, 0.1) is 80.7 Å². The number of aromatic nitrogens is 8. The molecule has 5 aromatic heterocycles. The highest BCUT2D eigenvalue weighted by atomic mass is 35.5. The first-order chi connectivity index (χ1) is 71.6. The quantitative estimate of drug-likeness (QED) is 0.0640. The highest BCUT2D eigenvalue weighted by molar-refractivity contribution is 6.38. The lowest BCUT2D eigenvalue weighted by molar-refractivity contribution is -0.125. The molecular formula is C118H95Cl7F2N8O15. The molecule has 0 radical (unpaired) electrons. The van der Waals surface area contributed by atoms with Gasteiger partial charge in [-0.05, 0) is 188 Å². The van der Waals surface area contributed by atoms with Gasteiger partial charge in [0.2, 0.25) is 0 Å². The number of pyridine rings is 2. The number of Topliss-reactive ketones (excluding diaryl/α,β-unsaturated/α-hetero) is 10. The van der Waals surface area contributed by atoms with Gasteiger partial charge in [0.25, 0.3) is 0 Å². The SMILES string of the molecule is CC1(C)C(=O)C(c2c(Cl)ccc(Cl)c2OCc2ccccc2)C(=O)c2cccnc21.CC1(C)C(=O)C(c2c(Cl)ccc(Cl)c2OCc2ccccc2)C(=O)c2nccnc21.CC1(C)C(=O)C(c2c(F)ccc(Cl)c2OCc2ccccc2)C(=O)c2cccnc21.CC1(C)C(=O)C(c2c(F)ccc(Cl)c2OCc2ccccc2)C(=O)c2nccnc21.Cc1ccc(Cl)c(OCc2ccccc2)c1C1C(=O)c2nccnc2C(C)(C)C1=O. The molecule has 5 aliphatic carbocycles. The molecule has 10 aromatic carbocycles. The summed E-state index contributed by atoms with van der Waals surface area (Å²) in [7, 11) is 0. The zero-order chi connectivity index (χ0) is 107. The number of carbonyl (C=O) groups is 10. The van der Waals surface area contributed by atoms with Crippen LogP contribution in [0.4, 0.5) is 8.78 Å². The minimum Gasteiger partial charge on any atom is -0.487 e. The second-order valence-electron chi connectivity index (χ2n) is 38.6. The Morgan fingerprint density at radius 1 is 0.233 bits per heavy atom. The van der Waals surface area contributed by atoms with Crippen LogP contribution in [0.25, 0.3) is 0 Å². The fraction of sp³-hybridized carbons (Fsp3) is 0.220. The van der Waals surface area contributed by atoms with E-state index in [1.54, 1.807) is 136 Å². The fourth-order valence-electron chi connectivity index (χ4n) is 18.8. The van der Waals surface area contributed by atoms with Crippen molar-refractivity contribution in [1.29, 1.82) is 0 Å². The van der Waals surface area contributed by atoms with E-state index in [2.05, 4.69) is 39.9 Å². The van der Waals surface area contributed by atoms with Gasteiger partial charge >= 0.3 is 0 Å². The van der Waals surface area contributed by atoms with Gasteiger partial charge in [-0.25, -0.2) is 23.7 Å². The Balaban J connectivity index is 0.000000133. The molecule has 15 aromatic rings. The van der Waals surface area contributed by atoms with Crippen molar-refractivity contribution in [3.63, 3.8) is 0 Å². The molecule has 0 saturated carbocycles. The third-order valence-electron chi connectivity index (χ3n) is 26.9. The second kappa shape index (κ2) is 45.0.